The monoisotopic (exact) mass is 228 g/mol. The number of aromatic nitrogens is 1. The van der Waals surface area contributed by atoms with Crippen molar-refractivity contribution in [3.05, 3.63) is 16.6 Å². The van der Waals surface area contributed by atoms with Gasteiger partial charge in [-0.05, 0) is 0 Å². The van der Waals surface area contributed by atoms with Gasteiger partial charge in [0.1, 0.15) is 11.0 Å². The molecule has 1 fully saturated rings. The fourth-order valence-corrected chi connectivity index (χ4v) is 2.20. The number of carboxylic acid groups (broad SMARTS) is 1. The molecule has 0 aliphatic carbocycles. The number of morpholine rings is 1. The van der Waals surface area contributed by atoms with Gasteiger partial charge >= 0.3 is 5.97 Å². The zero-order chi connectivity index (χ0) is 10.7. The summed E-state index contributed by atoms with van der Waals surface area (Å²) in [6.07, 6.45) is 1.73. The van der Waals surface area contributed by atoms with Gasteiger partial charge in [-0.3, -0.25) is 9.69 Å². The second-order valence-electron chi connectivity index (χ2n) is 3.33. The van der Waals surface area contributed by atoms with Crippen LogP contribution in [0.25, 0.3) is 0 Å². The predicted octanol–water partition coefficient (Wildman–Crippen LogP) is 0.428. The van der Waals surface area contributed by atoms with Gasteiger partial charge in [-0.2, -0.15) is 0 Å². The van der Waals surface area contributed by atoms with Gasteiger partial charge in [0, 0.05) is 18.1 Å². The lowest BCUT2D eigenvalue weighted by atomic mass is 10.2. The van der Waals surface area contributed by atoms with Crippen LogP contribution in [0.4, 0.5) is 0 Å². The summed E-state index contributed by atoms with van der Waals surface area (Å²) in [5, 5.41) is 11.8. The molecule has 6 heteroatoms. The molecule has 1 atom stereocenters. The Kier molecular flexibility index (Phi) is 3.30. The minimum atomic E-state index is -0.828. The molecule has 1 aliphatic rings. The molecule has 0 bridgehead atoms. The molecule has 5 nitrogen and oxygen atoms in total. The van der Waals surface area contributed by atoms with E-state index in [1.54, 1.807) is 17.5 Å². The second kappa shape index (κ2) is 4.69. The number of nitrogens with zero attached hydrogens (tertiary/aromatic N) is 2. The lowest BCUT2D eigenvalue weighted by molar-refractivity contribution is -0.150. The highest BCUT2D eigenvalue weighted by molar-refractivity contribution is 7.09. The molecule has 1 aromatic rings. The average Bonchev–Trinajstić information content (AvgIpc) is 2.71. The van der Waals surface area contributed by atoms with E-state index in [0.29, 0.717) is 19.7 Å². The number of aliphatic carboxylic acids is 1. The van der Waals surface area contributed by atoms with Crippen molar-refractivity contribution in [3.8, 4) is 0 Å². The molecule has 1 aromatic heterocycles. The maximum absolute atomic E-state index is 11.0. The topological polar surface area (TPSA) is 62.7 Å². The Morgan fingerprint density at radius 2 is 2.67 bits per heavy atom. The minimum Gasteiger partial charge on any atom is -0.480 e. The minimum absolute atomic E-state index is 0.265. The Morgan fingerprint density at radius 3 is 3.33 bits per heavy atom. The number of carbonyl (C=O) groups is 1. The zero-order valence-electron chi connectivity index (χ0n) is 8.13. The van der Waals surface area contributed by atoms with Gasteiger partial charge in [0.05, 0.1) is 19.8 Å². The van der Waals surface area contributed by atoms with Gasteiger partial charge in [-0.25, -0.2) is 4.98 Å². The standard InChI is InChI=1S/C9H12N2O3S/c12-9(13)7-6-14-3-2-11(7)5-8-10-1-4-15-8/h1,4,7H,2-3,5-6H2,(H,12,13). The molecule has 0 aromatic carbocycles. The Bertz CT molecular complexity index is 328. The predicted molar refractivity (Wildman–Crippen MR) is 54.8 cm³/mol. The molecule has 2 heterocycles. The van der Waals surface area contributed by atoms with Gasteiger partial charge < -0.3 is 9.84 Å². The van der Waals surface area contributed by atoms with Crippen LogP contribution in [0.3, 0.4) is 0 Å². The first-order valence-corrected chi connectivity index (χ1v) is 5.58. The Hall–Kier alpha value is -0.980. The van der Waals surface area contributed by atoms with Crippen molar-refractivity contribution in [1.82, 2.24) is 9.88 Å². The van der Waals surface area contributed by atoms with Crippen LogP contribution in [-0.4, -0.2) is 46.8 Å². The van der Waals surface area contributed by atoms with Crippen LogP contribution in [0.2, 0.25) is 0 Å². The van der Waals surface area contributed by atoms with Crippen LogP contribution in [0.15, 0.2) is 11.6 Å². The van der Waals surface area contributed by atoms with Crippen molar-refractivity contribution in [2.45, 2.75) is 12.6 Å². The smallest absolute Gasteiger partial charge is 0.323 e. The van der Waals surface area contributed by atoms with Crippen LogP contribution in [0.1, 0.15) is 5.01 Å². The normalized spacial score (nSPS) is 22.8. The van der Waals surface area contributed by atoms with Crippen LogP contribution in [0, 0.1) is 0 Å². The van der Waals surface area contributed by atoms with Crippen LogP contribution in [0.5, 0.6) is 0 Å². The van der Waals surface area contributed by atoms with Crippen molar-refractivity contribution in [2.24, 2.45) is 0 Å². The van der Waals surface area contributed by atoms with Crippen molar-refractivity contribution in [3.63, 3.8) is 0 Å². The highest BCUT2D eigenvalue weighted by Gasteiger charge is 2.29. The second-order valence-corrected chi connectivity index (χ2v) is 4.30. The van der Waals surface area contributed by atoms with E-state index in [1.165, 1.54) is 0 Å². The first-order valence-electron chi connectivity index (χ1n) is 4.70. The zero-order valence-corrected chi connectivity index (χ0v) is 8.94. The summed E-state index contributed by atoms with van der Waals surface area (Å²) < 4.78 is 5.15. The Labute approximate surface area is 91.3 Å². The fourth-order valence-electron chi connectivity index (χ4n) is 1.56. The van der Waals surface area contributed by atoms with Crippen LogP contribution < -0.4 is 0 Å². The summed E-state index contributed by atoms with van der Waals surface area (Å²) in [7, 11) is 0. The molecular weight excluding hydrogens is 216 g/mol. The summed E-state index contributed by atoms with van der Waals surface area (Å²) in [4.78, 5) is 17.0. The van der Waals surface area contributed by atoms with E-state index in [4.69, 9.17) is 9.84 Å². The molecule has 1 unspecified atom stereocenters. The van der Waals surface area contributed by atoms with E-state index in [9.17, 15) is 4.79 Å². The highest BCUT2D eigenvalue weighted by Crippen LogP contribution is 2.14. The quantitative estimate of drug-likeness (QED) is 0.812. The maximum atomic E-state index is 11.0. The van der Waals surface area contributed by atoms with E-state index >= 15 is 0 Å². The molecule has 82 valence electrons. The van der Waals surface area contributed by atoms with Crippen LogP contribution >= 0.6 is 11.3 Å². The average molecular weight is 228 g/mol. The maximum Gasteiger partial charge on any atom is 0.323 e. The third kappa shape index (κ3) is 2.53. The highest BCUT2D eigenvalue weighted by atomic mass is 32.1. The number of hydrogen-bond donors (Lipinski definition) is 1. The number of carboxylic acids is 1. The Balaban J connectivity index is 2.02. The molecule has 0 amide bonds. The lowest BCUT2D eigenvalue weighted by Crippen LogP contribution is -2.49. The lowest BCUT2D eigenvalue weighted by Gasteiger charge is -2.31. The third-order valence-electron chi connectivity index (χ3n) is 2.35. The summed E-state index contributed by atoms with van der Waals surface area (Å²) >= 11 is 1.54. The Morgan fingerprint density at radius 1 is 1.80 bits per heavy atom. The summed E-state index contributed by atoms with van der Waals surface area (Å²) in [6.45, 7) is 2.10. The molecule has 1 saturated heterocycles. The molecule has 15 heavy (non-hydrogen) atoms. The SMILES string of the molecule is O=C(O)C1COCCN1Cc1nccs1. The molecule has 1 aliphatic heterocycles. The first kappa shape index (κ1) is 10.5. The third-order valence-corrected chi connectivity index (χ3v) is 3.11. The molecule has 2 rings (SSSR count). The number of thiazole rings is 1. The number of ether oxygens (including phenoxy) is 1. The van der Waals surface area contributed by atoms with Gasteiger partial charge in [0.25, 0.3) is 0 Å². The van der Waals surface area contributed by atoms with Gasteiger partial charge in [0.2, 0.25) is 0 Å². The van der Waals surface area contributed by atoms with Crippen LogP contribution in [-0.2, 0) is 16.1 Å². The van der Waals surface area contributed by atoms with Crippen molar-refractivity contribution < 1.29 is 14.6 Å². The van der Waals surface area contributed by atoms with Crippen molar-refractivity contribution >= 4 is 17.3 Å². The van der Waals surface area contributed by atoms with Gasteiger partial charge in [0.15, 0.2) is 0 Å². The van der Waals surface area contributed by atoms with E-state index < -0.39 is 12.0 Å². The van der Waals surface area contributed by atoms with Crippen molar-refractivity contribution in [1.29, 1.82) is 0 Å². The molecule has 1 N–H and O–H groups in total. The van der Waals surface area contributed by atoms with E-state index in [0.717, 1.165) is 5.01 Å². The van der Waals surface area contributed by atoms with Gasteiger partial charge in [-0.1, -0.05) is 0 Å². The first-order chi connectivity index (χ1) is 7.27. The number of hydrogen-bond acceptors (Lipinski definition) is 5. The summed E-state index contributed by atoms with van der Waals surface area (Å²) in [5.41, 5.74) is 0. The molecule has 0 saturated carbocycles. The van der Waals surface area contributed by atoms with E-state index in [-0.39, 0.29) is 6.61 Å². The van der Waals surface area contributed by atoms with E-state index in [1.807, 2.05) is 10.3 Å². The largest absolute Gasteiger partial charge is 0.480 e. The van der Waals surface area contributed by atoms with E-state index in [2.05, 4.69) is 4.98 Å². The van der Waals surface area contributed by atoms with Gasteiger partial charge in [-0.15, -0.1) is 11.3 Å². The summed E-state index contributed by atoms with van der Waals surface area (Å²) in [5.74, 6) is -0.828. The number of rotatable bonds is 3. The fraction of sp³-hybridized carbons (Fsp3) is 0.556. The summed E-state index contributed by atoms with van der Waals surface area (Å²) in [6, 6.07) is -0.539. The molecule has 0 spiro atoms. The van der Waals surface area contributed by atoms with Crippen molar-refractivity contribution in [2.75, 3.05) is 19.8 Å². The molecular formula is C9H12N2O3S. The molecule has 0 radical (unpaired) electrons.